The predicted molar refractivity (Wildman–Crippen MR) is 222 cm³/mol. The van der Waals surface area contributed by atoms with Crippen molar-refractivity contribution in [3.05, 3.63) is 199 Å². The van der Waals surface area contributed by atoms with Crippen molar-refractivity contribution in [3.8, 4) is 33.4 Å². The van der Waals surface area contributed by atoms with Crippen molar-refractivity contribution >= 4 is 49.4 Å². The van der Waals surface area contributed by atoms with E-state index in [4.69, 9.17) is 2.74 Å². The minimum absolute atomic E-state index is 0.112. The van der Waals surface area contributed by atoms with E-state index in [2.05, 4.69) is 32.0 Å². The SMILES string of the molecule is [2H]c1c([2H])c(-c2ccc3ccccc3c2)c([2H])c(N(c2ccc3c(c2)C(C)(C)c2ccccc2-3)c2c([2H])c([2H])c(-c3ccc4c(ccc5ccccc54)c3)c([2H])c2[2H])c1[2H]. The lowest BCUT2D eigenvalue weighted by molar-refractivity contribution is 0.660. The Balaban J connectivity index is 1.24. The summed E-state index contributed by atoms with van der Waals surface area (Å²) in [5.41, 5.74) is 5.17. The summed E-state index contributed by atoms with van der Waals surface area (Å²) in [4.78, 5) is 1.45. The maximum atomic E-state index is 9.81. The fourth-order valence-electron chi connectivity index (χ4n) is 7.87. The highest BCUT2D eigenvalue weighted by Crippen LogP contribution is 2.50. The van der Waals surface area contributed by atoms with Crippen LogP contribution in [0.5, 0.6) is 0 Å². The van der Waals surface area contributed by atoms with E-state index in [1.165, 1.54) is 4.90 Å². The van der Waals surface area contributed by atoms with Gasteiger partial charge in [-0.25, -0.2) is 0 Å². The quantitative estimate of drug-likeness (QED) is 0.165. The predicted octanol–water partition coefficient (Wildman–Crippen LogP) is 14.3. The molecular formula is C51H37N. The number of benzene rings is 9. The lowest BCUT2D eigenvalue weighted by atomic mass is 9.82. The second-order valence-electron chi connectivity index (χ2n) is 14.0. The van der Waals surface area contributed by atoms with Crippen molar-refractivity contribution in [2.45, 2.75) is 19.3 Å². The van der Waals surface area contributed by atoms with E-state index in [1.807, 2.05) is 115 Å². The summed E-state index contributed by atoms with van der Waals surface area (Å²) in [7, 11) is 0. The smallest absolute Gasteiger partial charge is 0.0651 e. The van der Waals surface area contributed by atoms with Crippen molar-refractivity contribution in [2.75, 3.05) is 4.90 Å². The Morgan fingerprint density at radius 1 is 0.423 bits per heavy atom. The van der Waals surface area contributed by atoms with Crippen LogP contribution in [-0.4, -0.2) is 0 Å². The molecule has 0 saturated heterocycles. The topological polar surface area (TPSA) is 3.24 Å². The molecule has 246 valence electrons. The second kappa shape index (κ2) is 11.8. The Bertz CT molecular complexity index is 3270. The summed E-state index contributed by atoms with van der Waals surface area (Å²) in [6, 6.07) is 42.4. The third kappa shape index (κ3) is 4.93. The van der Waals surface area contributed by atoms with Crippen LogP contribution in [-0.2, 0) is 5.41 Å². The van der Waals surface area contributed by atoms with Crippen molar-refractivity contribution in [3.63, 3.8) is 0 Å². The summed E-state index contributed by atoms with van der Waals surface area (Å²) in [6.45, 7) is 4.26. The molecule has 0 bridgehead atoms. The highest BCUT2D eigenvalue weighted by Gasteiger charge is 2.35. The van der Waals surface area contributed by atoms with E-state index in [0.717, 1.165) is 54.6 Å². The molecule has 1 aliphatic carbocycles. The van der Waals surface area contributed by atoms with Crippen molar-refractivity contribution in [2.24, 2.45) is 0 Å². The number of hydrogen-bond donors (Lipinski definition) is 0. The Morgan fingerprint density at radius 2 is 1.08 bits per heavy atom. The van der Waals surface area contributed by atoms with Crippen molar-refractivity contribution in [1.29, 1.82) is 0 Å². The number of anilines is 3. The fraction of sp³-hybridized carbons (Fsp3) is 0.0588. The van der Waals surface area contributed by atoms with Gasteiger partial charge in [0.1, 0.15) is 0 Å². The molecule has 52 heavy (non-hydrogen) atoms. The Kier molecular flexibility index (Phi) is 5.26. The van der Waals surface area contributed by atoms with Crippen LogP contribution in [0.1, 0.15) is 35.9 Å². The number of nitrogens with zero attached hydrogens (tertiary/aromatic N) is 1. The van der Waals surface area contributed by atoms with Crippen LogP contribution in [0.3, 0.4) is 0 Å². The largest absolute Gasteiger partial charge is 0.310 e. The summed E-state index contributed by atoms with van der Waals surface area (Å²) >= 11 is 0. The molecule has 0 saturated carbocycles. The van der Waals surface area contributed by atoms with Gasteiger partial charge in [0, 0.05) is 22.5 Å². The van der Waals surface area contributed by atoms with Gasteiger partial charge in [-0.2, -0.15) is 0 Å². The molecule has 0 aliphatic heterocycles. The van der Waals surface area contributed by atoms with Crippen LogP contribution in [0, 0.1) is 0 Å². The summed E-state index contributed by atoms with van der Waals surface area (Å²) in [6.07, 6.45) is 0. The Morgan fingerprint density at radius 3 is 1.96 bits per heavy atom. The first-order valence-corrected chi connectivity index (χ1v) is 17.5. The molecule has 9 aromatic carbocycles. The zero-order chi connectivity index (χ0) is 41.8. The molecule has 0 atom stereocenters. The summed E-state index contributed by atoms with van der Waals surface area (Å²) < 4.78 is 75.8. The van der Waals surface area contributed by atoms with Crippen LogP contribution in [0.25, 0.3) is 65.7 Å². The Labute approximate surface area is 316 Å². The van der Waals surface area contributed by atoms with Crippen LogP contribution in [0.15, 0.2) is 188 Å². The summed E-state index contributed by atoms with van der Waals surface area (Å²) in [5.74, 6) is 0. The molecule has 1 heteroatoms. The average Bonchev–Trinajstić information content (AvgIpc) is 3.49. The van der Waals surface area contributed by atoms with Gasteiger partial charge in [0.05, 0.1) is 11.0 Å². The highest BCUT2D eigenvalue weighted by atomic mass is 15.1. The van der Waals surface area contributed by atoms with Crippen molar-refractivity contribution < 1.29 is 11.0 Å². The lowest BCUT2D eigenvalue weighted by Crippen LogP contribution is -2.16. The minimum Gasteiger partial charge on any atom is -0.310 e. The maximum Gasteiger partial charge on any atom is 0.0651 e. The van der Waals surface area contributed by atoms with E-state index in [0.29, 0.717) is 16.8 Å². The molecule has 9 aromatic rings. The van der Waals surface area contributed by atoms with Gasteiger partial charge in [-0.05, 0) is 125 Å². The average molecular weight is 672 g/mol. The second-order valence-corrected chi connectivity index (χ2v) is 14.0. The molecule has 0 unspecified atom stereocenters. The molecular weight excluding hydrogens is 627 g/mol. The minimum atomic E-state index is -0.455. The molecule has 1 aliphatic rings. The molecule has 0 amide bonds. The fourth-order valence-corrected chi connectivity index (χ4v) is 7.87. The Hall–Kier alpha value is -6.44. The van der Waals surface area contributed by atoms with E-state index < -0.39 is 17.5 Å². The summed E-state index contributed by atoms with van der Waals surface area (Å²) in [5, 5.41) is 5.91. The van der Waals surface area contributed by atoms with Gasteiger partial charge < -0.3 is 4.90 Å². The zero-order valence-corrected chi connectivity index (χ0v) is 28.7. The first-order chi connectivity index (χ1) is 28.9. The van der Waals surface area contributed by atoms with E-state index in [9.17, 15) is 8.22 Å². The van der Waals surface area contributed by atoms with Gasteiger partial charge in [-0.1, -0.05) is 153 Å². The first kappa shape index (κ1) is 23.1. The zero-order valence-electron chi connectivity index (χ0n) is 36.7. The molecule has 0 N–H and O–H groups in total. The first-order valence-electron chi connectivity index (χ1n) is 21.5. The standard InChI is InChI=1S/C51H37N/c1-51(2)49-17-8-7-16-47(49)48-29-27-44(33-50(48)51)52(43-14-9-13-38(32-43)40-20-18-34-10-3-4-12-37(34)30-40)42-25-22-35(23-26-42)39-24-28-46-41(31-39)21-19-36-11-5-6-15-45(36)46/h3-33H,1-2H3/i9D,13D,14D,22D,23D,25D,26D,32D. The highest BCUT2D eigenvalue weighted by molar-refractivity contribution is 6.08. The third-order valence-electron chi connectivity index (χ3n) is 10.6. The normalized spacial score (nSPS) is 15.1. The van der Waals surface area contributed by atoms with Crippen LogP contribution >= 0.6 is 0 Å². The van der Waals surface area contributed by atoms with Crippen LogP contribution < -0.4 is 4.90 Å². The van der Waals surface area contributed by atoms with Crippen LogP contribution in [0.2, 0.25) is 0 Å². The monoisotopic (exact) mass is 671 g/mol. The number of fused-ring (bicyclic) bond motifs is 7. The molecule has 1 nitrogen and oxygen atoms in total. The van der Waals surface area contributed by atoms with Crippen LogP contribution in [0.4, 0.5) is 17.1 Å². The molecule has 0 aromatic heterocycles. The molecule has 10 rings (SSSR count). The molecule has 0 heterocycles. The van der Waals surface area contributed by atoms with Crippen molar-refractivity contribution in [1.82, 2.24) is 0 Å². The number of hydrogen-bond acceptors (Lipinski definition) is 1. The van der Waals surface area contributed by atoms with E-state index in [-0.39, 0.29) is 58.8 Å². The van der Waals surface area contributed by atoms with E-state index in [1.54, 1.807) is 6.07 Å². The van der Waals surface area contributed by atoms with Gasteiger partial charge in [0.2, 0.25) is 0 Å². The van der Waals surface area contributed by atoms with E-state index >= 15 is 0 Å². The molecule has 0 fully saturated rings. The molecule has 0 radical (unpaired) electrons. The van der Waals surface area contributed by atoms with Gasteiger partial charge >= 0.3 is 0 Å². The van der Waals surface area contributed by atoms with Gasteiger partial charge in [-0.3, -0.25) is 0 Å². The van der Waals surface area contributed by atoms with Gasteiger partial charge in [0.25, 0.3) is 0 Å². The van der Waals surface area contributed by atoms with Gasteiger partial charge in [-0.15, -0.1) is 0 Å². The van der Waals surface area contributed by atoms with Gasteiger partial charge in [0.15, 0.2) is 0 Å². The lowest BCUT2D eigenvalue weighted by Gasteiger charge is -2.28. The number of rotatable bonds is 5. The molecule has 0 spiro atoms. The maximum absolute atomic E-state index is 9.81. The third-order valence-corrected chi connectivity index (χ3v) is 10.6.